The molecule has 0 aliphatic rings. The maximum atomic E-state index is 10.6. The average molecular weight is 437 g/mol. The van der Waals surface area contributed by atoms with Gasteiger partial charge in [0.2, 0.25) is 6.41 Å². The molecule has 3 aromatic rings. The first-order valence-corrected chi connectivity index (χ1v) is 10.4. The number of rotatable bonds is 12. The Balaban J connectivity index is 1.40. The maximum Gasteiger partial charge on any atom is 0.211 e. The highest BCUT2D eigenvalue weighted by Gasteiger charge is 2.11. The van der Waals surface area contributed by atoms with Gasteiger partial charge in [0.05, 0.1) is 11.8 Å². The zero-order chi connectivity index (χ0) is 22.8. The third kappa shape index (κ3) is 6.81. The van der Waals surface area contributed by atoms with Gasteiger partial charge >= 0.3 is 0 Å². The van der Waals surface area contributed by atoms with Gasteiger partial charge in [0, 0.05) is 6.54 Å². The molecular weight excluding hydrogens is 408 g/mol. The highest BCUT2D eigenvalue weighted by Crippen LogP contribution is 2.26. The summed E-state index contributed by atoms with van der Waals surface area (Å²) in [5.74, 6) is 0.641. The number of aromatic hydroxyl groups is 1. The second-order valence-electron chi connectivity index (χ2n) is 7.39. The van der Waals surface area contributed by atoms with E-state index in [9.17, 15) is 20.1 Å². The predicted molar refractivity (Wildman–Crippen MR) is 123 cm³/mol. The lowest BCUT2D eigenvalue weighted by atomic mass is 10.1. The van der Waals surface area contributed by atoms with E-state index in [2.05, 4.69) is 10.6 Å². The van der Waals surface area contributed by atoms with Crippen LogP contribution in [0.1, 0.15) is 28.9 Å². The molecule has 0 fully saturated rings. The van der Waals surface area contributed by atoms with Gasteiger partial charge in [0.1, 0.15) is 24.2 Å². The molecule has 0 radical (unpaired) electrons. The van der Waals surface area contributed by atoms with Crippen LogP contribution in [-0.4, -0.2) is 41.4 Å². The monoisotopic (exact) mass is 436 g/mol. The van der Waals surface area contributed by atoms with Crippen molar-refractivity contribution in [3.63, 3.8) is 0 Å². The van der Waals surface area contributed by atoms with Crippen molar-refractivity contribution in [3.05, 3.63) is 89.5 Å². The van der Waals surface area contributed by atoms with Gasteiger partial charge in [-0.15, -0.1) is 0 Å². The van der Waals surface area contributed by atoms with Crippen LogP contribution in [0.15, 0.2) is 72.8 Å². The first-order valence-electron chi connectivity index (χ1n) is 10.4. The third-order valence-electron chi connectivity index (χ3n) is 5.06. The smallest absolute Gasteiger partial charge is 0.211 e. The molecule has 1 amide bonds. The van der Waals surface area contributed by atoms with Crippen molar-refractivity contribution >= 4 is 12.1 Å². The molecule has 2 atom stereocenters. The van der Waals surface area contributed by atoms with Crippen molar-refractivity contribution in [2.45, 2.75) is 18.6 Å². The molecule has 3 aromatic carbocycles. The first-order chi connectivity index (χ1) is 15.6. The number of anilines is 1. The number of carbonyl (C=O) groups is 1. The number of hydrogen-bond acceptors (Lipinski definition) is 6. The highest BCUT2D eigenvalue weighted by atomic mass is 16.5. The Kier molecular flexibility index (Phi) is 8.62. The number of carbonyl (C=O) groups excluding carboxylic acids is 1. The summed E-state index contributed by atoms with van der Waals surface area (Å²) in [5, 5.41) is 35.8. The molecule has 7 heteroatoms. The average Bonchev–Trinajstić information content (AvgIpc) is 2.83. The van der Waals surface area contributed by atoms with E-state index in [1.54, 1.807) is 12.1 Å². The molecule has 0 bridgehead atoms. The molecule has 0 aliphatic carbocycles. The summed E-state index contributed by atoms with van der Waals surface area (Å²) < 4.78 is 5.68. The lowest BCUT2D eigenvalue weighted by Crippen LogP contribution is -2.23. The molecule has 0 aromatic heterocycles. The maximum absolute atomic E-state index is 10.6. The van der Waals surface area contributed by atoms with E-state index < -0.39 is 12.2 Å². The van der Waals surface area contributed by atoms with E-state index in [0.717, 1.165) is 17.5 Å². The molecule has 0 unspecified atom stereocenters. The van der Waals surface area contributed by atoms with E-state index in [-0.39, 0.29) is 18.0 Å². The van der Waals surface area contributed by atoms with Gasteiger partial charge in [-0.3, -0.25) is 4.79 Å². The van der Waals surface area contributed by atoms with Crippen LogP contribution >= 0.6 is 0 Å². The number of phenols is 1. The Morgan fingerprint density at radius 1 is 0.906 bits per heavy atom. The third-order valence-corrected chi connectivity index (χ3v) is 5.06. The van der Waals surface area contributed by atoms with E-state index in [1.807, 2.05) is 54.6 Å². The Hall–Kier alpha value is -3.39. The van der Waals surface area contributed by atoms with Crippen LogP contribution in [0.5, 0.6) is 11.5 Å². The largest absolute Gasteiger partial charge is 0.506 e. The molecule has 32 heavy (non-hydrogen) atoms. The van der Waals surface area contributed by atoms with Gasteiger partial charge in [0.25, 0.3) is 0 Å². The molecule has 0 aliphatic heterocycles. The van der Waals surface area contributed by atoms with Gasteiger partial charge in [0.15, 0.2) is 0 Å². The van der Waals surface area contributed by atoms with Crippen molar-refractivity contribution in [3.8, 4) is 11.5 Å². The predicted octanol–water partition coefficient (Wildman–Crippen LogP) is 2.94. The van der Waals surface area contributed by atoms with Gasteiger partial charge in [-0.2, -0.15) is 0 Å². The van der Waals surface area contributed by atoms with Crippen LogP contribution < -0.4 is 15.4 Å². The van der Waals surface area contributed by atoms with Crippen LogP contribution in [0.3, 0.4) is 0 Å². The molecule has 3 rings (SSSR count). The van der Waals surface area contributed by atoms with Crippen molar-refractivity contribution in [2.75, 3.05) is 25.0 Å². The lowest BCUT2D eigenvalue weighted by molar-refractivity contribution is -0.105. The van der Waals surface area contributed by atoms with Crippen molar-refractivity contribution in [1.29, 1.82) is 0 Å². The molecule has 0 heterocycles. The molecule has 168 valence electrons. The van der Waals surface area contributed by atoms with E-state index in [4.69, 9.17) is 4.74 Å². The number of amides is 1. The van der Waals surface area contributed by atoms with E-state index in [0.29, 0.717) is 30.8 Å². The summed E-state index contributed by atoms with van der Waals surface area (Å²) >= 11 is 0. The Morgan fingerprint density at radius 3 is 2.38 bits per heavy atom. The molecule has 0 saturated carbocycles. The van der Waals surface area contributed by atoms with Gasteiger partial charge in [-0.25, -0.2) is 0 Å². The Labute approximate surface area is 187 Å². The van der Waals surface area contributed by atoms with E-state index in [1.165, 1.54) is 6.07 Å². The summed E-state index contributed by atoms with van der Waals surface area (Å²) in [6.45, 7) is 1.19. The molecular formula is C25H28N2O5. The standard InChI is InChI=1S/C25H28N2O5/c28-17-27-22-14-20(8-11-23(22)29)24(30)15-26-13-12-18-6-9-21(10-7-18)32-16-25(31)19-4-2-1-3-5-19/h1-11,14,17,24-26,29-31H,12-13,15-16H2,(H,27,28)/t24-,25+/m0/s1. The van der Waals surface area contributed by atoms with Crippen molar-refractivity contribution in [2.24, 2.45) is 0 Å². The zero-order valence-corrected chi connectivity index (χ0v) is 17.6. The first kappa shape index (κ1) is 23.3. The number of phenolic OH excluding ortho intramolecular Hbond substituents is 1. The minimum absolute atomic E-state index is 0.0528. The molecule has 0 spiro atoms. The highest BCUT2D eigenvalue weighted by molar-refractivity contribution is 5.75. The van der Waals surface area contributed by atoms with Gasteiger partial charge < -0.3 is 30.7 Å². The number of aliphatic hydroxyl groups is 2. The summed E-state index contributed by atoms with van der Waals surface area (Å²) in [4.78, 5) is 10.6. The van der Waals surface area contributed by atoms with Crippen LogP contribution in [0.2, 0.25) is 0 Å². The number of ether oxygens (including phenoxy) is 1. The minimum atomic E-state index is -0.769. The topological polar surface area (TPSA) is 111 Å². The van der Waals surface area contributed by atoms with Crippen molar-refractivity contribution < 1.29 is 24.9 Å². The zero-order valence-electron chi connectivity index (χ0n) is 17.6. The van der Waals surface area contributed by atoms with Crippen LogP contribution in [0.4, 0.5) is 5.69 Å². The second kappa shape index (κ2) is 11.9. The summed E-state index contributed by atoms with van der Waals surface area (Å²) in [5.41, 5.74) is 2.79. The van der Waals surface area contributed by atoms with Crippen LogP contribution in [0, 0.1) is 0 Å². The van der Waals surface area contributed by atoms with Gasteiger partial charge in [-0.05, 0) is 53.9 Å². The molecule has 0 saturated heterocycles. The lowest BCUT2D eigenvalue weighted by Gasteiger charge is -2.14. The van der Waals surface area contributed by atoms with Gasteiger partial charge in [-0.1, -0.05) is 48.5 Å². The fourth-order valence-corrected chi connectivity index (χ4v) is 3.23. The SMILES string of the molecule is O=CNc1cc([C@@H](O)CNCCc2ccc(OC[C@@H](O)c3ccccc3)cc2)ccc1O. The number of nitrogens with one attached hydrogen (secondary N) is 2. The normalized spacial score (nSPS) is 12.7. The van der Waals surface area contributed by atoms with Crippen LogP contribution in [-0.2, 0) is 11.2 Å². The van der Waals surface area contributed by atoms with E-state index >= 15 is 0 Å². The fraction of sp³-hybridized carbons (Fsp3) is 0.240. The number of aliphatic hydroxyl groups excluding tert-OH is 2. The summed E-state index contributed by atoms with van der Waals surface area (Å²) in [6.07, 6.45) is -0.196. The fourth-order valence-electron chi connectivity index (χ4n) is 3.23. The summed E-state index contributed by atoms with van der Waals surface area (Å²) in [6, 6.07) is 21.7. The minimum Gasteiger partial charge on any atom is -0.506 e. The number of hydrogen-bond donors (Lipinski definition) is 5. The van der Waals surface area contributed by atoms with Crippen LogP contribution in [0.25, 0.3) is 0 Å². The second-order valence-corrected chi connectivity index (χ2v) is 7.39. The Morgan fingerprint density at radius 2 is 1.66 bits per heavy atom. The Bertz CT molecular complexity index is 979. The molecule has 5 N–H and O–H groups in total. The molecule has 7 nitrogen and oxygen atoms in total. The number of benzene rings is 3. The summed E-state index contributed by atoms with van der Waals surface area (Å²) in [7, 11) is 0. The quantitative estimate of drug-likeness (QED) is 0.170. The van der Waals surface area contributed by atoms with Crippen molar-refractivity contribution in [1.82, 2.24) is 5.32 Å².